The smallest absolute Gasteiger partial charge is 0.00235 e. The molecule has 0 saturated heterocycles. The second kappa shape index (κ2) is 2.73. The molecule has 0 aliphatic heterocycles. The maximum atomic E-state index is 2.91. The fourth-order valence-electron chi connectivity index (χ4n) is 0.874. The van der Waals surface area contributed by atoms with Gasteiger partial charge in [-0.25, -0.2) is 0 Å². The molecule has 2 atom stereocenters. The third-order valence-electron chi connectivity index (χ3n) is 1.74. The van der Waals surface area contributed by atoms with Crippen LogP contribution in [-0.2, 0) is 0 Å². The summed E-state index contributed by atoms with van der Waals surface area (Å²) < 4.78 is 0. The van der Waals surface area contributed by atoms with Crippen molar-refractivity contribution in [2.45, 2.75) is 20.3 Å². The van der Waals surface area contributed by atoms with Crippen LogP contribution in [0.5, 0.6) is 0 Å². The summed E-state index contributed by atoms with van der Waals surface area (Å²) in [5, 5.41) is 0. The Labute approximate surface area is 57.0 Å². The van der Waals surface area contributed by atoms with Crippen molar-refractivity contribution in [1.29, 1.82) is 0 Å². The van der Waals surface area contributed by atoms with Crippen LogP contribution in [0.25, 0.3) is 0 Å². The number of rotatable bonds is 1. The average molecular weight is 120 g/mol. The molecule has 1 aliphatic carbocycles. The molecule has 1 saturated carbocycles. The normalized spacial score (nSPS) is 31.8. The van der Waals surface area contributed by atoms with E-state index in [0.29, 0.717) is 0 Å². The molecule has 0 nitrogen and oxygen atoms in total. The molecule has 0 heterocycles. The van der Waals surface area contributed by atoms with Crippen LogP contribution in [0, 0.1) is 23.7 Å². The Balaban J connectivity index is 2.23. The van der Waals surface area contributed by atoms with Gasteiger partial charge in [-0.2, -0.15) is 0 Å². The lowest BCUT2D eigenvalue weighted by atomic mass is 10.3. The van der Waals surface area contributed by atoms with E-state index in [1.807, 2.05) is 13.0 Å². The van der Waals surface area contributed by atoms with Gasteiger partial charge >= 0.3 is 0 Å². The van der Waals surface area contributed by atoms with Crippen LogP contribution in [0.2, 0.25) is 0 Å². The highest BCUT2D eigenvalue weighted by Gasteiger charge is 2.29. The first-order valence-corrected chi connectivity index (χ1v) is 3.43. The molecule has 0 radical (unpaired) electrons. The molecule has 1 rings (SSSR count). The molecular formula is C9H12. The lowest BCUT2D eigenvalue weighted by molar-refractivity contribution is 0.899. The van der Waals surface area contributed by atoms with Gasteiger partial charge in [-0.05, 0) is 31.3 Å². The molecule has 2 unspecified atom stereocenters. The van der Waals surface area contributed by atoms with E-state index in [9.17, 15) is 0 Å². The predicted octanol–water partition coefficient (Wildman–Crippen LogP) is 2.22. The van der Waals surface area contributed by atoms with Crippen molar-refractivity contribution >= 4 is 0 Å². The summed E-state index contributed by atoms with van der Waals surface area (Å²) in [5.74, 6) is 7.49. The molecule has 0 heteroatoms. The van der Waals surface area contributed by atoms with Gasteiger partial charge in [0.25, 0.3) is 0 Å². The van der Waals surface area contributed by atoms with Gasteiger partial charge in [0.15, 0.2) is 0 Å². The Morgan fingerprint density at radius 3 is 2.67 bits per heavy atom. The summed E-state index contributed by atoms with van der Waals surface area (Å²) in [7, 11) is 0. The molecule has 1 aliphatic rings. The Morgan fingerprint density at radius 2 is 2.22 bits per heavy atom. The van der Waals surface area contributed by atoms with Crippen LogP contribution in [0.1, 0.15) is 20.3 Å². The fraction of sp³-hybridized carbons (Fsp3) is 0.556. The van der Waals surface area contributed by atoms with Crippen LogP contribution >= 0.6 is 0 Å². The van der Waals surface area contributed by atoms with Crippen LogP contribution in [0.3, 0.4) is 0 Å². The van der Waals surface area contributed by atoms with Crippen LogP contribution in [0.15, 0.2) is 12.2 Å². The first-order valence-electron chi connectivity index (χ1n) is 3.43. The van der Waals surface area contributed by atoms with Gasteiger partial charge in [0.2, 0.25) is 0 Å². The first kappa shape index (κ1) is 6.42. The zero-order valence-corrected chi connectivity index (χ0v) is 6.02. The lowest BCUT2D eigenvalue weighted by Crippen LogP contribution is -1.66. The van der Waals surface area contributed by atoms with Gasteiger partial charge in [0.1, 0.15) is 0 Å². The van der Waals surface area contributed by atoms with E-state index in [4.69, 9.17) is 0 Å². The second-order valence-corrected chi connectivity index (χ2v) is 2.63. The van der Waals surface area contributed by atoms with Crippen molar-refractivity contribution in [2.75, 3.05) is 0 Å². The van der Waals surface area contributed by atoms with Gasteiger partial charge in [0, 0.05) is 0 Å². The number of hydrogen-bond donors (Lipinski definition) is 0. The molecule has 0 bridgehead atoms. The maximum absolute atomic E-state index is 2.91. The topological polar surface area (TPSA) is 0 Å². The van der Waals surface area contributed by atoms with Crippen molar-refractivity contribution < 1.29 is 0 Å². The third kappa shape index (κ3) is 1.93. The Hall–Kier alpha value is -0.700. The largest absolute Gasteiger partial charge is 0.102 e. The second-order valence-electron chi connectivity index (χ2n) is 2.63. The minimum atomic E-state index is 0.839. The minimum absolute atomic E-state index is 0.839. The Morgan fingerprint density at radius 1 is 1.56 bits per heavy atom. The van der Waals surface area contributed by atoms with Gasteiger partial charge in [-0.1, -0.05) is 18.9 Å². The molecule has 1 fully saturated rings. The monoisotopic (exact) mass is 120 g/mol. The summed E-state index contributed by atoms with van der Waals surface area (Å²) in [6, 6.07) is 0. The van der Waals surface area contributed by atoms with Crippen molar-refractivity contribution in [1.82, 2.24) is 0 Å². The first-order chi connectivity index (χ1) is 4.34. The predicted molar refractivity (Wildman–Crippen MR) is 39.9 cm³/mol. The third-order valence-corrected chi connectivity index (χ3v) is 1.74. The molecule has 0 amide bonds. The van der Waals surface area contributed by atoms with Crippen LogP contribution in [0.4, 0.5) is 0 Å². The van der Waals surface area contributed by atoms with E-state index in [1.165, 1.54) is 6.42 Å². The molecule has 48 valence electrons. The molecular weight excluding hydrogens is 108 g/mol. The quantitative estimate of drug-likeness (QED) is 0.465. The molecule has 0 aromatic carbocycles. The zero-order chi connectivity index (χ0) is 6.69. The van der Waals surface area contributed by atoms with Gasteiger partial charge in [-0.3, -0.25) is 0 Å². The van der Waals surface area contributed by atoms with Crippen molar-refractivity contribution in [3.8, 4) is 11.8 Å². The van der Waals surface area contributed by atoms with Crippen molar-refractivity contribution in [2.24, 2.45) is 11.8 Å². The molecule has 9 heavy (non-hydrogen) atoms. The average Bonchev–Trinajstić information content (AvgIpc) is 2.48. The van der Waals surface area contributed by atoms with E-state index < -0.39 is 0 Å². The molecule has 0 aromatic heterocycles. The highest BCUT2D eigenvalue weighted by molar-refractivity contribution is 5.16. The molecule has 0 N–H and O–H groups in total. The van der Waals surface area contributed by atoms with Crippen LogP contribution in [-0.4, -0.2) is 0 Å². The van der Waals surface area contributed by atoms with E-state index >= 15 is 0 Å². The zero-order valence-electron chi connectivity index (χ0n) is 6.02. The molecule has 0 spiro atoms. The Bertz CT molecular complexity index is 166. The van der Waals surface area contributed by atoms with Gasteiger partial charge < -0.3 is 0 Å². The Kier molecular flexibility index (Phi) is 1.95. The number of hydrogen-bond acceptors (Lipinski definition) is 0. The summed E-state index contributed by atoms with van der Waals surface area (Å²) in [4.78, 5) is 0. The fourth-order valence-corrected chi connectivity index (χ4v) is 0.874. The maximum Gasteiger partial charge on any atom is -0.00235 e. The standard InChI is InChI=1S/C9H12/c1-3-4-5-6-9-7-8(9)2/h5-6,8-9H,7H2,1-2H3. The SMILES string of the molecule is CC#CC=CC1CC1C. The van der Waals surface area contributed by atoms with Crippen LogP contribution < -0.4 is 0 Å². The van der Waals surface area contributed by atoms with E-state index in [0.717, 1.165) is 11.8 Å². The minimum Gasteiger partial charge on any atom is -0.102 e. The highest BCUT2D eigenvalue weighted by Crippen LogP contribution is 2.38. The van der Waals surface area contributed by atoms with Crippen molar-refractivity contribution in [3.63, 3.8) is 0 Å². The van der Waals surface area contributed by atoms with Gasteiger partial charge in [0.05, 0.1) is 0 Å². The van der Waals surface area contributed by atoms with Gasteiger partial charge in [-0.15, -0.1) is 5.92 Å². The van der Waals surface area contributed by atoms with E-state index in [1.54, 1.807) is 0 Å². The van der Waals surface area contributed by atoms with Crippen molar-refractivity contribution in [3.05, 3.63) is 12.2 Å². The summed E-state index contributed by atoms with van der Waals surface area (Å²) >= 11 is 0. The molecule has 0 aromatic rings. The summed E-state index contributed by atoms with van der Waals surface area (Å²) in [6.07, 6.45) is 5.54. The number of allylic oxidation sites excluding steroid dienone is 2. The lowest BCUT2D eigenvalue weighted by Gasteiger charge is -1.76. The van der Waals surface area contributed by atoms with E-state index in [-0.39, 0.29) is 0 Å². The summed E-state index contributed by atoms with van der Waals surface area (Å²) in [5.41, 5.74) is 0. The van der Waals surface area contributed by atoms with E-state index in [2.05, 4.69) is 24.8 Å². The summed E-state index contributed by atoms with van der Waals surface area (Å²) in [6.45, 7) is 4.13. The highest BCUT2D eigenvalue weighted by atomic mass is 14.3.